The monoisotopic (exact) mass is 439 g/mol. The number of unbranched alkanes of at least 4 members (excludes halogenated alkanes) is 11. The molecule has 0 bridgehead atoms. The van der Waals surface area contributed by atoms with Gasteiger partial charge in [-0.05, 0) is 19.3 Å². The number of ether oxygens (including phenoxy) is 2. The molecule has 1 N–H and O–H groups in total. The van der Waals surface area contributed by atoms with Gasteiger partial charge in [0, 0.05) is 6.42 Å². The lowest BCUT2D eigenvalue weighted by molar-refractivity contribution is -0.190. The highest BCUT2D eigenvalue weighted by Gasteiger charge is 2.43. The molecule has 0 radical (unpaired) electrons. The minimum Gasteiger partial charge on any atom is -0.461 e. The Hall–Kier alpha value is -1.59. The number of rotatable bonds is 21. The van der Waals surface area contributed by atoms with Gasteiger partial charge in [-0.15, -0.1) is 0 Å². The Bertz CT molecular complexity index is 496. The quantitative estimate of drug-likeness (QED) is 0.146. The van der Waals surface area contributed by atoms with Crippen molar-refractivity contribution in [3.63, 3.8) is 0 Å². The van der Waals surface area contributed by atoms with Crippen LogP contribution in [0.1, 0.15) is 117 Å². The zero-order valence-electron chi connectivity index (χ0n) is 19.9. The van der Waals surface area contributed by atoms with Crippen LogP contribution in [0, 0.1) is 5.92 Å². The fraction of sp³-hybridized carbons (Fsp3) is 0.880. The average Bonchev–Trinajstić information content (AvgIpc) is 2.75. The first-order valence-electron chi connectivity index (χ1n) is 12.7. The normalized spacial score (nSPS) is 18.7. The van der Waals surface area contributed by atoms with E-state index in [0.717, 1.165) is 38.5 Å². The molecule has 1 amide bonds. The third kappa shape index (κ3) is 12.8. The summed E-state index contributed by atoms with van der Waals surface area (Å²) in [6.45, 7) is 4.28. The van der Waals surface area contributed by atoms with E-state index < -0.39 is 5.97 Å². The number of esters is 2. The van der Waals surface area contributed by atoms with E-state index in [2.05, 4.69) is 19.2 Å². The predicted octanol–water partition coefficient (Wildman–Crippen LogP) is 5.47. The molecule has 1 fully saturated rings. The molecule has 6 nitrogen and oxygen atoms in total. The second kappa shape index (κ2) is 18.0. The Morgan fingerprint density at radius 1 is 0.968 bits per heavy atom. The molecule has 0 saturated carbocycles. The predicted molar refractivity (Wildman–Crippen MR) is 123 cm³/mol. The zero-order valence-corrected chi connectivity index (χ0v) is 19.9. The minimum absolute atomic E-state index is 0.0609. The third-order valence-corrected chi connectivity index (χ3v) is 6.14. The molecule has 31 heavy (non-hydrogen) atoms. The lowest BCUT2D eigenvalue weighted by atomic mass is 9.86. The Morgan fingerprint density at radius 2 is 1.55 bits per heavy atom. The summed E-state index contributed by atoms with van der Waals surface area (Å²) in [5, 5.41) is 2.35. The Kier molecular flexibility index (Phi) is 16.0. The first kappa shape index (κ1) is 27.4. The number of carbonyl (C=O) groups is 3. The van der Waals surface area contributed by atoms with E-state index in [1.54, 1.807) is 0 Å². The fourth-order valence-corrected chi connectivity index (χ4v) is 4.22. The van der Waals surface area contributed by atoms with Gasteiger partial charge in [-0.1, -0.05) is 90.9 Å². The van der Waals surface area contributed by atoms with Gasteiger partial charge in [-0.25, -0.2) is 0 Å². The summed E-state index contributed by atoms with van der Waals surface area (Å²) < 4.78 is 11.0. The first-order valence-corrected chi connectivity index (χ1v) is 12.7. The van der Waals surface area contributed by atoms with Gasteiger partial charge in [0.1, 0.15) is 18.8 Å². The molecule has 1 aliphatic rings. The molecule has 1 rings (SSSR count). The Labute approximate surface area is 189 Å². The third-order valence-electron chi connectivity index (χ3n) is 6.14. The molecule has 6 heteroatoms. The van der Waals surface area contributed by atoms with Gasteiger partial charge in [0.25, 0.3) is 0 Å². The van der Waals surface area contributed by atoms with Gasteiger partial charge in [0.2, 0.25) is 6.41 Å². The molecule has 0 aromatic rings. The van der Waals surface area contributed by atoms with E-state index in [1.807, 2.05) is 0 Å². The first-order chi connectivity index (χ1) is 15.1. The van der Waals surface area contributed by atoms with Crippen LogP contribution in [-0.2, 0) is 23.9 Å². The smallest absolute Gasteiger partial charge is 0.325 e. The molecule has 1 saturated heterocycles. The summed E-state index contributed by atoms with van der Waals surface area (Å²) in [5.74, 6) is -0.607. The van der Waals surface area contributed by atoms with Crippen molar-refractivity contribution in [2.24, 2.45) is 5.92 Å². The molecule has 180 valence electrons. The highest BCUT2D eigenvalue weighted by Crippen LogP contribution is 2.32. The van der Waals surface area contributed by atoms with E-state index in [9.17, 15) is 14.4 Å². The van der Waals surface area contributed by atoms with Gasteiger partial charge in [0.05, 0.1) is 5.92 Å². The van der Waals surface area contributed by atoms with Crippen LogP contribution in [0.2, 0.25) is 0 Å². The van der Waals surface area contributed by atoms with Crippen LogP contribution >= 0.6 is 0 Å². The number of nitrogens with one attached hydrogen (secondary N) is 1. The number of amides is 1. The number of hydrogen-bond donors (Lipinski definition) is 1. The summed E-state index contributed by atoms with van der Waals surface area (Å²) in [4.78, 5) is 34.3. The topological polar surface area (TPSA) is 81.7 Å². The number of hydrogen-bond acceptors (Lipinski definition) is 5. The lowest BCUT2D eigenvalue weighted by Crippen LogP contribution is -2.47. The number of cyclic esters (lactones) is 1. The van der Waals surface area contributed by atoms with Crippen molar-refractivity contribution in [2.45, 2.75) is 129 Å². The summed E-state index contributed by atoms with van der Waals surface area (Å²) in [5.41, 5.74) is 0. The summed E-state index contributed by atoms with van der Waals surface area (Å²) in [6.07, 6.45) is 18.0. The summed E-state index contributed by atoms with van der Waals surface area (Å²) >= 11 is 0. The van der Waals surface area contributed by atoms with Crippen LogP contribution in [0.3, 0.4) is 0 Å². The van der Waals surface area contributed by atoms with E-state index >= 15 is 0 Å². The van der Waals surface area contributed by atoms with Gasteiger partial charge >= 0.3 is 11.9 Å². The highest BCUT2D eigenvalue weighted by atomic mass is 16.6. The van der Waals surface area contributed by atoms with Crippen LogP contribution < -0.4 is 5.32 Å². The highest BCUT2D eigenvalue weighted by molar-refractivity contribution is 5.78. The summed E-state index contributed by atoms with van der Waals surface area (Å²) in [7, 11) is 0. The molecule has 1 heterocycles. The maximum absolute atomic E-state index is 12.0. The largest absolute Gasteiger partial charge is 0.461 e. The van der Waals surface area contributed by atoms with Crippen molar-refractivity contribution in [1.82, 2.24) is 5.32 Å². The van der Waals surface area contributed by atoms with E-state index in [0.29, 0.717) is 12.8 Å². The second-order valence-electron chi connectivity index (χ2n) is 8.89. The van der Waals surface area contributed by atoms with Crippen molar-refractivity contribution >= 4 is 18.3 Å². The van der Waals surface area contributed by atoms with Gasteiger partial charge in [0.15, 0.2) is 0 Å². The summed E-state index contributed by atoms with van der Waals surface area (Å²) in [6, 6.07) is 0. The molecule has 0 aromatic carbocycles. The number of carbonyl (C=O) groups excluding carboxylic acids is 3. The molecular weight excluding hydrogens is 394 g/mol. The Balaban J connectivity index is 2.36. The molecule has 0 aromatic heterocycles. The van der Waals surface area contributed by atoms with Gasteiger partial charge in [-0.3, -0.25) is 14.4 Å². The Morgan fingerprint density at radius 3 is 2.13 bits per heavy atom. The van der Waals surface area contributed by atoms with E-state index in [1.165, 1.54) is 57.8 Å². The van der Waals surface area contributed by atoms with Gasteiger partial charge < -0.3 is 14.8 Å². The average molecular weight is 440 g/mol. The van der Waals surface area contributed by atoms with Crippen LogP contribution in [0.25, 0.3) is 0 Å². The SMILES string of the molecule is CCCCCCCCCCCC(C[C@H]1OC(=O)[C@H]1CCCCCC)OC(=O)CNC=O. The van der Waals surface area contributed by atoms with Crippen LogP contribution in [0.4, 0.5) is 0 Å². The van der Waals surface area contributed by atoms with Crippen molar-refractivity contribution in [1.29, 1.82) is 0 Å². The molecule has 0 aliphatic carbocycles. The van der Waals surface area contributed by atoms with E-state index in [-0.39, 0.29) is 30.6 Å². The minimum atomic E-state index is -0.432. The van der Waals surface area contributed by atoms with Crippen molar-refractivity contribution in [2.75, 3.05) is 6.54 Å². The van der Waals surface area contributed by atoms with Crippen molar-refractivity contribution in [3.05, 3.63) is 0 Å². The molecule has 1 aliphatic heterocycles. The molecule has 1 unspecified atom stereocenters. The molecule has 0 spiro atoms. The zero-order chi connectivity index (χ0) is 22.7. The maximum atomic E-state index is 12.0. The van der Waals surface area contributed by atoms with Crippen LogP contribution in [0.5, 0.6) is 0 Å². The van der Waals surface area contributed by atoms with Crippen LogP contribution in [0.15, 0.2) is 0 Å². The lowest BCUT2D eigenvalue weighted by Gasteiger charge is -2.37. The molecule has 3 atom stereocenters. The van der Waals surface area contributed by atoms with Crippen molar-refractivity contribution < 1.29 is 23.9 Å². The second-order valence-corrected chi connectivity index (χ2v) is 8.89. The van der Waals surface area contributed by atoms with Crippen molar-refractivity contribution in [3.8, 4) is 0 Å². The fourth-order valence-electron chi connectivity index (χ4n) is 4.22. The van der Waals surface area contributed by atoms with Crippen LogP contribution in [-0.4, -0.2) is 37.1 Å². The maximum Gasteiger partial charge on any atom is 0.325 e. The van der Waals surface area contributed by atoms with E-state index in [4.69, 9.17) is 9.47 Å². The molecular formula is C25H45NO5. The standard InChI is InChI=1S/C25H45NO5/c1-3-5-7-9-10-11-12-13-14-16-21(30-24(28)19-26-20-27)18-23-22(25(29)31-23)17-15-8-6-4-2/h20-23H,3-19H2,1-2H3,(H,26,27)/t21?,22-,23+/m0/s1. The van der Waals surface area contributed by atoms with Gasteiger partial charge in [-0.2, -0.15) is 0 Å².